The van der Waals surface area contributed by atoms with Crippen molar-refractivity contribution < 1.29 is 4.74 Å². The first-order valence-electron chi connectivity index (χ1n) is 5.72. The second kappa shape index (κ2) is 4.51. The highest BCUT2D eigenvalue weighted by molar-refractivity contribution is 6.29. The molecule has 0 spiro atoms. The maximum Gasteiger partial charge on any atom is 0.185 e. The molecule has 0 radical (unpaired) electrons. The second-order valence-electron chi connectivity index (χ2n) is 4.13. The van der Waals surface area contributed by atoms with Crippen molar-refractivity contribution >= 4 is 17.2 Å². The number of halogens is 1. The molecule has 1 aromatic carbocycles. The number of benzene rings is 1. The summed E-state index contributed by atoms with van der Waals surface area (Å²) < 4.78 is 6.93. The quantitative estimate of drug-likeness (QED) is 0.721. The Morgan fingerprint density at radius 1 is 1.16 bits per heavy atom. The molecule has 3 rings (SSSR count). The number of hydrogen-bond donors (Lipinski definition) is 0. The van der Waals surface area contributed by atoms with Crippen LogP contribution in [0, 0.1) is 6.92 Å². The first-order chi connectivity index (χ1) is 9.19. The van der Waals surface area contributed by atoms with Crippen molar-refractivity contribution in [3.8, 4) is 17.1 Å². The molecule has 19 heavy (non-hydrogen) atoms. The van der Waals surface area contributed by atoms with Crippen molar-refractivity contribution in [1.29, 1.82) is 0 Å². The van der Waals surface area contributed by atoms with E-state index in [4.69, 9.17) is 16.3 Å². The Bertz CT molecular complexity index is 753. The summed E-state index contributed by atoms with van der Waals surface area (Å²) in [5, 5.41) is 12.8. The van der Waals surface area contributed by atoms with Crippen molar-refractivity contribution in [2.75, 3.05) is 7.11 Å². The lowest BCUT2D eigenvalue weighted by atomic mass is 10.1. The van der Waals surface area contributed by atoms with Crippen LogP contribution in [0.15, 0.2) is 30.3 Å². The minimum Gasteiger partial charge on any atom is -0.496 e. The molecule has 0 amide bonds. The summed E-state index contributed by atoms with van der Waals surface area (Å²) in [5.74, 6) is 1.44. The Kier molecular flexibility index (Phi) is 2.83. The van der Waals surface area contributed by atoms with Crippen molar-refractivity contribution in [3.63, 3.8) is 0 Å². The van der Waals surface area contributed by atoms with Crippen LogP contribution in [0.3, 0.4) is 0 Å². The van der Waals surface area contributed by atoms with Gasteiger partial charge in [-0.3, -0.25) is 0 Å². The fourth-order valence-electron chi connectivity index (χ4n) is 1.91. The SMILES string of the molecule is COc1cc(-c2nnc3ccc(Cl)nn23)ccc1C. The Balaban J connectivity index is 2.21. The number of rotatable bonds is 2. The van der Waals surface area contributed by atoms with Gasteiger partial charge in [-0.2, -0.15) is 9.61 Å². The van der Waals surface area contributed by atoms with Gasteiger partial charge in [0.05, 0.1) is 7.11 Å². The van der Waals surface area contributed by atoms with Gasteiger partial charge in [0.25, 0.3) is 0 Å². The average Bonchev–Trinajstić information content (AvgIpc) is 2.82. The van der Waals surface area contributed by atoms with Crippen molar-refractivity contribution in [3.05, 3.63) is 41.0 Å². The molecule has 0 fully saturated rings. The van der Waals surface area contributed by atoms with Crippen LogP contribution < -0.4 is 4.74 Å². The Morgan fingerprint density at radius 3 is 2.79 bits per heavy atom. The monoisotopic (exact) mass is 274 g/mol. The van der Waals surface area contributed by atoms with Crippen LogP contribution in [0.1, 0.15) is 5.56 Å². The summed E-state index contributed by atoms with van der Waals surface area (Å²) in [6, 6.07) is 9.30. The Labute approximate surface area is 114 Å². The molecule has 6 heteroatoms. The fraction of sp³-hybridized carbons (Fsp3) is 0.154. The van der Waals surface area contributed by atoms with Gasteiger partial charge in [0.15, 0.2) is 11.5 Å². The van der Waals surface area contributed by atoms with E-state index in [0.29, 0.717) is 16.6 Å². The molecule has 0 N–H and O–H groups in total. The smallest absolute Gasteiger partial charge is 0.185 e. The third kappa shape index (κ3) is 2.02. The summed E-state index contributed by atoms with van der Waals surface area (Å²) >= 11 is 5.91. The van der Waals surface area contributed by atoms with Crippen LogP contribution in [0.2, 0.25) is 5.15 Å². The molecule has 2 aromatic heterocycles. The van der Waals surface area contributed by atoms with Gasteiger partial charge in [0.2, 0.25) is 0 Å². The summed E-state index contributed by atoms with van der Waals surface area (Å²) in [6.45, 7) is 1.99. The van der Waals surface area contributed by atoms with E-state index in [2.05, 4.69) is 15.3 Å². The molecule has 0 aliphatic heterocycles. The van der Waals surface area contributed by atoms with Crippen LogP contribution in [-0.2, 0) is 0 Å². The zero-order chi connectivity index (χ0) is 13.4. The van der Waals surface area contributed by atoms with E-state index in [1.807, 2.05) is 25.1 Å². The van der Waals surface area contributed by atoms with E-state index in [0.717, 1.165) is 16.9 Å². The van der Waals surface area contributed by atoms with E-state index in [-0.39, 0.29) is 0 Å². The minimum atomic E-state index is 0.396. The van der Waals surface area contributed by atoms with E-state index in [9.17, 15) is 0 Å². The molecule has 0 bridgehead atoms. The number of nitrogens with zero attached hydrogens (tertiary/aromatic N) is 4. The highest BCUT2D eigenvalue weighted by Crippen LogP contribution is 2.25. The standard InChI is InChI=1S/C13H11ClN4O/c1-8-3-4-9(7-10(8)19-2)13-16-15-12-6-5-11(14)17-18(12)13/h3-7H,1-2H3. The maximum absolute atomic E-state index is 5.91. The average molecular weight is 275 g/mol. The summed E-state index contributed by atoms with van der Waals surface area (Å²) in [7, 11) is 1.64. The third-order valence-electron chi connectivity index (χ3n) is 2.90. The number of aryl methyl sites for hydroxylation is 1. The minimum absolute atomic E-state index is 0.396. The van der Waals surface area contributed by atoms with Crippen molar-refractivity contribution in [1.82, 2.24) is 19.8 Å². The van der Waals surface area contributed by atoms with Crippen molar-refractivity contribution in [2.24, 2.45) is 0 Å². The van der Waals surface area contributed by atoms with Crippen molar-refractivity contribution in [2.45, 2.75) is 6.92 Å². The van der Waals surface area contributed by atoms with Gasteiger partial charge < -0.3 is 4.74 Å². The lowest BCUT2D eigenvalue weighted by molar-refractivity contribution is 0.412. The predicted octanol–water partition coefficient (Wildman–Crippen LogP) is 2.76. The summed E-state index contributed by atoms with van der Waals surface area (Å²) in [6.07, 6.45) is 0. The molecule has 0 saturated heterocycles. The third-order valence-corrected chi connectivity index (χ3v) is 3.10. The maximum atomic E-state index is 5.91. The van der Waals surface area contributed by atoms with E-state index >= 15 is 0 Å². The number of fused-ring (bicyclic) bond motifs is 1. The second-order valence-corrected chi connectivity index (χ2v) is 4.52. The van der Waals surface area contributed by atoms with Crippen LogP contribution in [0.4, 0.5) is 0 Å². The molecular weight excluding hydrogens is 264 g/mol. The largest absolute Gasteiger partial charge is 0.496 e. The van der Waals surface area contributed by atoms with Gasteiger partial charge in [-0.15, -0.1) is 10.2 Å². The summed E-state index contributed by atoms with van der Waals surface area (Å²) in [5.41, 5.74) is 2.59. The molecule has 3 aromatic rings. The lowest BCUT2D eigenvalue weighted by Gasteiger charge is -2.06. The van der Waals surface area contributed by atoms with Gasteiger partial charge in [0, 0.05) is 5.56 Å². The first kappa shape index (κ1) is 11.9. The number of hydrogen-bond acceptors (Lipinski definition) is 4. The lowest BCUT2D eigenvalue weighted by Crippen LogP contribution is -1.96. The van der Waals surface area contributed by atoms with Gasteiger partial charge in [0.1, 0.15) is 10.9 Å². The Morgan fingerprint density at radius 2 is 2.00 bits per heavy atom. The van der Waals surface area contributed by atoms with Crippen LogP contribution in [-0.4, -0.2) is 26.9 Å². The molecule has 0 atom stereocenters. The van der Waals surface area contributed by atoms with Gasteiger partial charge in [-0.05, 0) is 30.7 Å². The number of aromatic nitrogens is 4. The van der Waals surface area contributed by atoms with Crippen LogP contribution >= 0.6 is 11.6 Å². The molecule has 0 aliphatic rings. The molecule has 0 unspecified atom stereocenters. The molecule has 2 heterocycles. The van der Waals surface area contributed by atoms with Crippen LogP contribution in [0.25, 0.3) is 17.0 Å². The highest BCUT2D eigenvalue weighted by Gasteiger charge is 2.11. The topological polar surface area (TPSA) is 52.3 Å². The first-order valence-corrected chi connectivity index (χ1v) is 6.10. The van der Waals surface area contributed by atoms with Gasteiger partial charge in [-0.25, -0.2) is 0 Å². The van der Waals surface area contributed by atoms with E-state index in [1.165, 1.54) is 0 Å². The van der Waals surface area contributed by atoms with E-state index < -0.39 is 0 Å². The molecule has 96 valence electrons. The number of ether oxygens (including phenoxy) is 1. The predicted molar refractivity (Wildman–Crippen MR) is 72.5 cm³/mol. The molecular formula is C13H11ClN4O. The molecule has 0 saturated carbocycles. The molecule has 5 nitrogen and oxygen atoms in total. The van der Waals surface area contributed by atoms with Crippen LogP contribution in [0.5, 0.6) is 5.75 Å². The fourth-order valence-corrected chi connectivity index (χ4v) is 2.04. The van der Waals surface area contributed by atoms with Gasteiger partial charge in [-0.1, -0.05) is 23.7 Å². The normalized spacial score (nSPS) is 10.9. The van der Waals surface area contributed by atoms with Gasteiger partial charge >= 0.3 is 0 Å². The van der Waals surface area contributed by atoms with E-state index in [1.54, 1.807) is 23.8 Å². The zero-order valence-electron chi connectivity index (χ0n) is 10.5. The highest BCUT2D eigenvalue weighted by atomic mass is 35.5. The number of methoxy groups -OCH3 is 1. The Hall–Kier alpha value is -2.14. The molecule has 0 aliphatic carbocycles. The summed E-state index contributed by atoms with van der Waals surface area (Å²) in [4.78, 5) is 0. The zero-order valence-corrected chi connectivity index (χ0v) is 11.2.